The molecule has 2 heterocycles. The van der Waals surface area contributed by atoms with Gasteiger partial charge in [0.05, 0.1) is 18.6 Å². The maximum absolute atomic E-state index is 13.6. The minimum absolute atomic E-state index is 0.00760. The van der Waals surface area contributed by atoms with Crippen molar-refractivity contribution in [3.63, 3.8) is 0 Å². The molecule has 4 unspecified atom stereocenters. The largest absolute Gasteiger partial charge is 0.431 e. The molecular formula is C21H26F3N3O2. The van der Waals surface area contributed by atoms with E-state index in [0.29, 0.717) is 42.3 Å². The lowest BCUT2D eigenvalue weighted by molar-refractivity contribution is -0.141. The van der Waals surface area contributed by atoms with E-state index in [-0.39, 0.29) is 36.4 Å². The van der Waals surface area contributed by atoms with Gasteiger partial charge in [-0.25, -0.2) is 0 Å². The Kier molecular flexibility index (Phi) is 5.11. The van der Waals surface area contributed by atoms with Crippen LogP contribution in [0.2, 0.25) is 0 Å². The molecule has 2 aliphatic rings. The molecule has 1 aromatic heterocycles. The number of alkyl halides is 3. The van der Waals surface area contributed by atoms with Crippen molar-refractivity contribution in [2.45, 2.75) is 50.4 Å². The molecule has 1 aliphatic carbocycles. The predicted molar refractivity (Wildman–Crippen MR) is 104 cm³/mol. The number of amides is 1. The number of fused-ring (bicyclic) bond motifs is 2. The topological polar surface area (TPSA) is 68.4 Å². The van der Waals surface area contributed by atoms with Crippen LogP contribution in [0.1, 0.15) is 42.5 Å². The zero-order chi connectivity index (χ0) is 20.9. The zero-order valence-electron chi connectivity index (χ0n) is 16.5. The van der Waals surface area contributed by atoms with Gasteiger partial charge in [0.15, 0.2) is 0 Å². The molecule has 3 N–H and O–H groups in total. The molecule has 0 spiro atoms. The van der Waals surface area contributed by atoms with E-state index < -0.39 is 11.9 Å². The number of likely N-dealkylation sites (tertiary alicyclic amines) is 1. The molecule has 2 aromatic rings. The van der Waals surface area contributed by atoms with Gasteiger partial charge in [0, 0.05) is 29.4 Å². The highest BCUT2D eigenvalue weighted by atomic mass is 19.4. The summed E-state index contributed by atoms with van der Waals surface area (Å²) in [6, 6.07) is 5.01. The summed E-state index contributed by atoms with van der Waals surface area (Å²) in [6.45, 7) is 2.28. The lowest BCUT2D eigenvalue weighted by Gasteiger charge is -2.45. The average molecular weight is 409 g/mol. The molecule has 158 valence electrons. The number of carbonyl (C=O) groups excluding carboxylic acids is 1. The van der Waals surface area contributed by atoms with Gasteiger partial charge in [-0.1, -0.05) is 19.1 Å². The number of likely N-dealkylation sites (N-methyl/N-ethyl adjacent to an activating group) is 1. The van der Waals surface area contributed by atoms with Crippen LogP contribution >= 0.6 is 0 Å². The fourth-order valence-electron chi connectivity index (χ4n) is 5.06. The summed E-state index contributed by atoms with van der Waals surface area (Å²) in [4.78, 5) is 17.4. The van der Waals surface area contributed by atoms with Crippen LogP contribution in [0.15, 0.2) is 18.2 Å². The number of carbonyl (C=O) groups is 1. The third-order valence-corrected chi connectivity index (χ3v) is 6.56. The van der Waals surface area contributed by atoms with Crippen molar-refractivity contribution >= 4 is 16.8 Å². The number of hydrogen-bond donors (Lipinski definition) is 3. The number of hydrogen-bond acceptors (Lipinski definition) is 3. The van der Waals surface area contributed by atoms with Gasteiger partial charge in [-0.2, -0.15) is 13.2 Å². The minimum atomic E-state index is -4.42. The number of nitrogens with one attached hydrogen (secondary N) is 2. The number of halogens is 3. The molecular weight excluding hydrogens is 383 g/mol. The van der Waals surface area contributed by atoms with E-state index in [1.54, 1.807) is 12.1 Å². The van der Waals surface area contributed by atoms with Crippen LogP contribution in [0.4, 0.5) is 13.2 Å². The molecule has 8 heteroatoms. The molecule has 1 amide bonds. The summed E-state index contributed by atoms with van der Waals surface area (Å²) < 4.78 is 40.8. The second kappa shape index (κ2) is 7.32. The Balaban J connectivity index is 1.70. The van der Waals surface area contributed by atoms with E-state index in [2.05, 4.69) is 10.3 Å². The minimum Gasteiger partial charge on any atom is -0.394 e. The summed E-state index contributed by atoms with van der Waals surface area (Å²) >= 11 is 0. The maximum atomic E-state index is 13.6. The van der Waals surface area contributed by atoms with Gasteiger partial charge < -0.3 is 20.3 Å². The molecule has 4 rings (SSSR count). The smallest absolute Gasteiger partial charge is 0.394 e. The lowest BCUT2D eigenvalue weighted by atomic mass is 9.72. The summed E-state index contributed by atoms with van der Waals surface area (Å²) in [5.41, 5.74) is 1.08. The van der Waals surface area contributed by atoms with Gasteiger partial charge in [0.25, 0.3) is 0 Å². The van der Waals surface area contributed by atoms with Crippen molar-refractivity contribution in [3.8, 4) is 0 Å². The summed E-state index contributed by atoms with van der Waals surface area (Å²) in [5, 5.41) is 12.9. The Bertz CT molecular complexity index is 920. The summed E-state index contributed by atoms with van der Waals surface area (Å²) in [5.74, 6) is -0.370. The van der Waals surface area contributed by atoms with Crippen molar-refractivity contribution in [1.82, 2.24) is 15.2 Å². The standard InChI is InChI=1S/C21H26F3N3O2/c1-3-12(10-28)25-20(29)11-7-14-13-5-4-6-16-18(13)15(8-17(14)27(2)9-11)19(26-16)21(22,23)24/h4-6,11-12,14,17,26,28H,3,7-10H2,1-2H3,(H,25,29). The molecule has 1 fully saturated rings. The van der Waals surface area contributed by atoms with Crippen LogP contribution in [-0.4, -0.2) is 53.2 Å². The number of rotatable bonds is 4. The van der Waals surface area contributed by atoms with Gasteiger partial charge in [0.1, 0.15) is 5.69 Å². The van der Waals surface area contributed by atoms with Crippen LogP contribution < -0.4 is 5.32 Å². The van der Waals surface area contributed by atoms with Crippen LogP contribution in [0.3, 0.4) is 0 Å². The fourth-order valence-corrected chi connectivity index (χ4v) is 5.06. The van der Waals surface area contributed by atoms with Crippen molar-refractivity contribution in [2.24, 2.45) is 5.92 Å². The van der Waals surface area contributed by atoms with E-state index in [1.165, 1.54) is 0 Å². The second-order valence-electron chi connectivity index (χ2n) is 8.29. The fraction of sp³-hybridized carbons (Fsp3) is 0.571. The Morgan fingerprint density at radius 2 is 2.17 bits per heavy atom. The number of nitrogens with zero attached hydrogens (tertiary/aromatic N) is 1. The molecule has 0 saturated carbocycles. The number of benzene rings is 1. The van der Waals surface area contributed by atoms with Gasteiger partial charge in [-0.3, -0.25) is 4.79 Å². The number of piperidine rings is 1. The van der Waals surface area contributed by atoms with Crippen LogP contribution in [0.25, 0.3) is 10.9 Å². The van der Waals surface area contributed by atoms with E-state index in [4.69, 9.17) is 0 Å². The van der Waals surface area contributed by atoms with Crippen molar-refractivity contribution in [2.75, 3.05) is 20.2 Å². The number of aromatic amines is 1. The van der Waals surface area contributed by atoms with Crippen LogP contribution in [-0.2, 0) is 17.4 Å². The molecule has 29 heavy (non-hydrogen) atoms. The first-order valence-electron chi connectivity index (χ1n) is 10.1. The SMILES string of the molecule is CCC(CO)NC(=O)C1CC2c3cccc4[nH]c(C(F)(F)F)c(c34)CC2N(C)C1. The normalized spacial score (nSPS) is 25.7. The third-order valence-electron chi connectivity index (χ3n) is 6.56. The average Bonchev–Trinajstić information content (AvgIpc) is 3.07. The monoisotopic (exact) mass is 409 g/mol. The molecule has 0 radical (unpaired) electrons. The Morgan fingerprint density at radius 3 is 2.83 bits per heavy atom. The molecule has 1 saturated heterocycles. The molecule has 0 bridgehead atoms. The highest BCUT2D eigenvalue weighted by molar-refractivity contribution is 5.90. The Morgan fingerprint density at radius 1 is 1.41 bits per heavy atom. The quantitative estimate of drug-likeness (QED) is 0.727. The molecule has 5 nitrogen and oxygen atoms in total. The predicted octanol–water partition coefficient (Wildman–Crippen LogP) is 3.03. The molecule has 1 aromatic carbocycles. The van der Waals surface area contributed by atoms with Crippen LogP contribution in [0, 0.1) is 5.92 Å². The molecule has 4 atom stereocenters. The van der Waals surface area contributed by atoms with Crippen molar-refractivity contribution in [1.29, 1.82) is 0 Å². The van der Waals surface area contributed by atoms with E-state index >= 15 is 0 Å². The lowest BCUT2D eigenvalue weighted by Crippen LogP contribution is -2.52. The molecule has 1 aliphatic heterocycles. The van der Waals surface area contributed by atoms with Crippen LogP contribution in [0.5, 0.6) is 0 Å². The summed E-state index contributed by atoms with van der Waals surface area (Å²) in [6.07, 6.45) is -2.87. The van der Waals surface area contributed by atoms with Gasteiger partial charge >= 0.3 is 6.18 Å². The van der Waals surface area contributed by atoms with Gasteiger partial charge in [-0.05, 0) is 43.5 Å². The number of aromatic nitrogens is 1. The highest BCUT2D eigenvalue weighted by Crippen LogP contribution is 2.47. The van der Waals surface area contributed by atoms with E-state index in [9.17, 15) is 23.1 Å². The Hall–Kier alpha value is -2.06. The first-order valence-corrected chi connectivity index (χ1v) is 10.1. The first-order chi connectivity index (χ1) is 13.7. The zero-order valence-corrected chi connectivity index (χ0v) is 16.5. The van der Waals surface area contributed by atoms with Crippen molar-refractivity contribution < 1.29 is 23.1 Å². The first kappa shape index (κ1) is 20.2. The number of H-pyrrole nitrogens is 1. The highest BCUT2D eigenvalue weighted by Gasteiger charge is 2.45. The van der Waals surface area contributed by atoms with Crippen molar-refractivity contribution in [3.05, 3.63) is 35.0 Å². The Labute approximate surface area is 167 Å². The van der Waals surface area contributed by atoms with Gasteiger partial charge in [0.2, 0.25) is 5.91 Å². The van der Waals surface area contributed by atoms with E-state index in [0.717, 1.165) is 5.56 Å². The van der Waals surface area contributed by atoms with E-state index in [1.807, 2.05) is 24.9 Å². The third kappa shape index (κ3) is 3.42. The van der Waals surface area contributed by atoms with Gasteiger partial charge in [-0.15, -0.1) is 0 Å². The maximum Gasteiger partial charge on any atom is 0.431 e. The second-order valence-corrected chi connectivity index (χ2v) is 8.29. The number of aliphatic hydroxyl groups is 1. The number of aliphatic hydroxyl groups excluding tert-OH is 1. The summed E-state index contributed by atoms with van der Waals surface area (Å²) in [7, 11) is 1.88.